The Morgan fingerprint density at radius 2 is 1.71 bits per heavy atom. The molecule has 0 fully saturated rings. The number of carbonyl (C=O) groups is 2. The van der Waals surface area contributed by atoms with Crippen molar-refractivity contribution in [2.24, 2.45) is 0 Å². The summed E-state index contributed by atoms with van der Waals surface area (Å²) >= 11 is 0. The van der Waals surface area contributed by atoms with E-state index in [4.69, 9.17) is 0 Å². The molecule has 0 aromatic heterocycles. The first-order valence-electron chi connectivity index (χ1n) is 8.64. The quantitative estimate of drug-likeness (QED) is 0.643. The van der Waals surface area contributed by atoms with Crippen LogP contribution in [0.3, 0.4) is 0 Å². The molecule has 0 saturated carbocycles. The van der Waals surface area contributed by atoms with Gasteiger partial charge in [-0.2, -0.15) is 0 Å². The zero-order chi connectivity index (χ0) is 20.6. The normalized spacial score (nSPS) is 21.6. The highest BCUT2D eigenvalue weighted by Gasteiger charge is 2.36. The van der Waals surface area contributed by atoms with Gasteiger partial charge in [-0.05, 0) is 54.8 Å². The largest absolute Gasteiger partial charge is 0.507 e. The van der Waals surface area contributed by atoms with Gasteiger partial charge < -0.3 is 20.4 Å². The topological polar surface area (TPSA) is 115 Å². The SMILES string of the molecule is CC1=CC(c2cccc(C(=O)O)c2O)C(C)(O)C=C1c1cccc(C(=O)O)c1. The molecule has 4 N–H and O–H groups in total. The smallest absolute Gasteiger partial charge is 0.339 e. The molecule has 2 unspecified atom stereocenters. The maximum Gasteiger partial charge on any atom is 0.339 e. The third-order valence-electron chi connectivity index (χ3n) is 4.96. The van der Waals surface area contributed by atoms with Crippen LogP contribution in [0.2, 0.25) is 0 Å². The van der Waals surface area contributed by atoms with E-state index in [0.717, 1.165) is 5.57 Å². The number of para-hydroxylation sites is 1. The second kappa shape index (κ2) is 6.98. The van der Waals surface area contributed by atoms with Crippen LogP contribution in [0.25, 0.3) is 5.57 Å². The Bertz CT molecular complexity index is 1030. The summed E-state index contributed by atoms with van der Waals surface area (Å²) in [6.45, 7) is 3.38. The van der Waals surface area contributed by atoms with Gasteiger partial charge in [0, 0.05) is 11.5 Å². The van der Waals surface area contributed by atoms with E-state index in [-0.39, 0.29) is 16.9 Å². The first kappa shape index (κ1) is 19.4. The minimum atomic E-state index is -1.43. The van der Waals surface area contributed by atoms with Gasteiger partial charge in [-0.15, -0.1) is 0 Å². The van der Waals surface area contributed by atoms with Crippen molar-refractivity contribution in [3.05, 3.63) is 82.4 Å². The minimum absolute atomic E-state index is 0.139. The van der Waals surface area contributed by atoms with Gasteiger partial charge in [-0.1, -0.05) is 30.3 Å². The van der Waals surface area contributed by atoms with Crippen LogP contribution in [0.15, 0.2) is 60.2 Å². The van der Waals surface area contributed by atoms with Gasteiger partial charge in [-0.3, -0.25) is 0 Å². The lowest BCUT2D eigenvalue weighted by molar-refractivity contribution is 0.0683. The highest BCUT2D eigenvalue weighted by atomic mass is 16.4. The van der Waals surface area contributed by atoms with Crippen molar-refractivity contribution in [1.82, 2.24) is 0 Å². The van der Waals surface area contributed by atoms with Crippen LogP contribution in [0.1, 0.15) is 51.6 Å². The Balaban J connectivity index is 2.08. The molecule has 0 amide bonds. The molecule has 1 aliphatic carbocycles. The Morgan fingerprint density at radius 3 is 2.36 bits per heavy atom. The molecule has 2 aromatic rings. The van der Waals surface area contributed by atoms with Gasteiger partial charge >= 0.3 is 11.9 Å². The average molecular weight is 380 g/mol. The van der Waals surface area contributed by atoms with Crippen molar-refractivity contribution in [3.8, 4) is 5.75 Å². The lowest BCUT2D eigenvalue weighted by atomic mass is 9.74. The Morgan fingerprint density at radius 1 is 1.04 bits per heavy atom. The molecule has 0 radical (unpaired) electrons. The third-order valence-corrected chi connectivity index (χ3v) is 4.96. The number of aromatic carboxylic acids is 2. The summed E-state index contributed by atoms with van der Waals surface area (Å²) in [5, 5.41) is 39.9. The molecule has 144 valence electrons. The molecule has 1 aliphatic rings. The van der Waals surface area contributed by atoms with Gasteiger partial charge in [0.25, 0.3) is 0 Å². The van der Waals surface area contributed by atoms with Gasteiger partial charge in [0.05, 0.1) is 11.2 Å². The molecule has 2 aromatic carbocycles. The van der Waals surface area contributed by atoms with Crippen LogP contribution in [0, 0.1) is 0 Å². The van der Waals surface area contributed by atoms with E-state index in [9.17, 15) is 30.0 Å². The summed E-state index contributed by atoms with van der Waals surface area (Å²) < 4.78 is 0. The molecular formula is C22H20O6. The molecule has 0 saturated heterocycles. The summed E-state index contributed by atoms with van der Waals surface area (Å²) in [6, 6.07) is 10.8. The predicted molar refractivity (Wildman–Crippen MR) is 104 cm³/mol. The molecule has 6 heteroatoms. The Labute approximate surface area is 161 Å². The van der Waals surface area contributed by atoms with Gasteiger partial charge in [0.1, 0.15) is 11.3 Å². The monoisotopic (exact) mass is 380 g/mol. The molecule has 0 aliphatic heterocycles. The number of carboxylic acid groups (broad SMARTS) is 2. The lowest BCUT2D eigenvalue weighted by Gasteiger charge is -2.34. The van der Waals surface area contributed by atoms with E-state index in [1.54, 1.807) is 37.3 Å². The molecule has 0 heterocycles. The predicted octanol–water partition coefficient (Wildman–Crippen LogP) is 3.67. The average Bonchev–Trinajstić information content (AvgIpc) is 2.63. The summed E-state index contributed by atoms with van der Waals surface area (Å²) in [6.07, 6.45) is 3.37. The Hall–Kier alpha value is -3.38. The Kier molecular flexibility index (Phi) is 4.83. The number of carboxylic acids is 2. The van der Waals surface area contributed by atoms with Crippen LogP contribution >= 0.6 is 0 Å². The number of allylic oxidation sites excluding steroid dienone is 2. The summed E-state index contributed by atoms with van der Waals surface area (Å²) in [5.41, 5.74) is 0.887. The lowest BCUT2D eigenvalue weighted by Crippen LogP contribution is -2.32. The molecule has 3 rings (SSSR count). The molecule has 0 bridgehead atoms. The maximum atomic E-state index is 11.3. The maximum absolute atomic E-state index is 11.3. The van der Waals surface area contributed by atoms with Crippen molar-refractivity contribution in [2.45, 2.75) is 25.4 Å². The van der Waals surface area contributed by atoms with Crippen molar-refractivity contribution in [1.29, 1.82) is 0 Å². The number of aromatic hydroxyl groups is 1. The van der Waals surface area contributed by atoms with Crippen molar-refractivity contribution in [3.63, 3.8) is 0 Å². The third kappa shape index (κ3) is 3.42. The number of phenols is 1. The van der Waals surface area contributed by atoms with Gasteiger partial charge in [0.2, 0.25) is 0 Å². The number of aliphatic hydroxyl groups is 1. The van der Waals surface area contributed by atoms with Gasteiger partial charge in [-0.25, -0.2) is 9.59 Å². The summed E-state index contributed by atoms with van der Waals surface area (Å²) in [4.78, 5) is 22.6. The number of rotatable bonds is 4. The van der Waals surface area contributed by atoms with E-state index in [1.807, 2.05) is 6.92 Å². The number of benzene rings is 2. The van der Waals surface area contributed by atoms with Crippen molar-refractivity contribution >= 4 is 17.5 Å². The fraction of sp³-hybridized carbons (Fsp3) is 0.182. The highest BCUT2D eigenvalue weighted by Crippen LogP contribution is 2.44. The molecule has 0 spiro atoms. The van der Waals surface area contributed by atoms with E-state index in [1.165, 1.54) is 24.3 Å². The van der Waals surface area contributed by atoms with Crippen LogP contribution in [0.4, 0.5) is 0 Å². The van der Waals surface area contributed by atoms with E-state index >= 15 is 0 Å². The molecule has 6 nitrogen and oxygen atoms in total. The van der Waals surface area contributed by atoms with Crippen molar-refractivity contribution < 1.29 is 30.0 Å². The van der Waals surface area contributed by atoms with Crippen molar-refractivity contribution in [2.75, 3.05) is 0 Å². The standard InChI is InChI=1S/C22H20O6/c1-12-9-18(15-7-4-8-16(19(15)23)21(26)27)22(2,28)11-17(12)13-5-3-6-14(10-13)20(24)25/h3-11,18,23,28H,1-2H3,(H,24,25)(H,26,27). The van der Waals surface area contributed by atoms with Crippen LogP contribution < -0.4 is 0 Å². The highest BCUT2D eigenvalue weighted by molar-refractivity contribution is 5.92. The van der Waals surface area contributed by atoms with Crippen LogP contribution in [0.5, 0.6) is 5.75 Å². The summed E-state index contributed by atoms with van der Waals surface area (Å²) in [7, 11) is 0. The second-order valence-corrected chi connectivity index (χ2v) is 7.05. The molecule has 2 atom stereocenters. The second-order valence-electron chi connectivity index (χ2n) is 7.05. The minimum Gasteiger partial charge on any atom is -0.507 e. The van der Waals surface area contributed by atoms with E-state index in [2.05, 4.69) is 0 Å². The molecular weight excluding hydrogens is 360 g/mol. The van der Waals surface area contributed by atoms with Gasteiger partial charge in [0.15, 0.2) is 0 Å². The first-order valence-corrected chi connectivity index (χ1v) is 8.64. The van der Waals surface area contributed by atoms with E-state index in [0.29, 0.717) is 16.7 Å². The fourth-order valence-corrected chi connectivity index (χ4v) is 3.52. The van der Waals surface area contributed by atoms with E-state index < -0.39 is 23.5 Å². The first-order chi connectivity index (χ1) is 13.1. The number of hydrogen-bond acceptors (Lipinski definition) is 4. The summed E-state index contributed by atoms with van der Waals surface area (Å²) in [5.74, 6) is -3.34. The number of hydrogen-bond donors (Lipinski definition) is 4. The molecule has 28 heavy (non-hydrogen) atoms. The van der Waals surface area contributed by atoms with Crippen LogP contribution in [-0.4, -0.2) is 38.0 Å². The zero-order valence-corrected chi connectivity index (χ0v) is 15.4. The fourth-order valence-electron chi connectivity index (χ4n) is 3.52. The van der Waals surface area contributed by atoms with Crippen LogP contribution in [-0.2, 0) is 0 Å². The zero-order valence-electron chi connectivity index (χ0n) is 15.4.